The van der Waals surface area contributed by atoms with Crippen LogP contribution < -0.4 is 4.72 Å². The number of carbonyl (C=O) groups is 1. The van der Waals surface area contributed by atoms with Crippen molar-refractivity contribution >= 4 is 43.0 Å². The number of carbonyl (C=O) groups excluding carboxylic acids is 1. The summed E-state index contributed by atoms with van der Waals surface area (Å²) in [6, 6.07) is 6.76. The Balaban J connectivity index is 1.60. The van der Waals surface area contributed by atoms with E-state index in [4.69, 9.17) is 0 Å². The van der Waals surface area contributed by atoms with E-state index in [1.165, 1.54) is 6.20 Å². The lowest BCUT2D eigenvalue weighted by Crippen LogP contribution is -2.42. The van der Waals surface area contributed by atoms with Gasteiger partial charge in [0, 0.05) is 24.2 Å². The first-order valence-corrected chi connectivity index (χ1v) is 13.4. The number of hydrogen-bond donors (Lipinski definition) is 3. The Bertz CT molecular complexity index is 947. The minimum atomic E-state index is -3.74. The van der Waals surface area contributed by atoms with Crippen LogP contribution in [0.4, 0.5) is 5.13 Å². The molecule has 1 aliphatic heterocycles. The lowest BCUT2D eigenvalue weighted by atomic mass is 10.1. The van der Waals surface area contributed by atoms with Gasteiger partial charge in [-0.1, -0.05) is 25.5 Å². The third-order valence-electron chi connectivity index (χ3n) is 4.60. The average Bonchev–Trinajstić information content (AvgIpc) is 3.08. The smallest absolute Gasteiger partial charge is 0.263 e. The van der Waals surface area contributed by atoms with E-state index >= 15 is 0 Å². The van der Waals surface area contributed by atoms with Gasteiger partial charge >= 0.3 is 0 Å². The maximum atomic E-state index is 12.5. The predicted molar refractivity (Wildman–Crippen MR) is 116 cm³/mol. The molecule has 0 spiro atoms. The number of anilines is 1. The fraction of sp³-hybridized carbons (Fsp3) is 0.444. The molecule has 0 unspecified atom stereocenters. The second-order valence-corrected chi connectivity index (χ2v) is 12.1. The summed E-state index contributed by atoms with van der Waals surface area (Å²) in [5, 5.41) is 0.207. The number of amides is 1. The van der Waals surface area contributed by atoms with Gasteiger partial charge in [0.05, 0.1) is 22.8 Å². The summed E-state index contributed by atoms with van der Waals surface area (Å²) in [7, 11) is -6.29. The summed E-state index contributed by atoms with van der Waals surface area (Å²) in [6.07, 6.45) is 3.48. The van der Waals surface area contributed by atoms with Crippen molar-refractivity contribution in [3.05, 3.63) is 40.9 Å². The van der Waals surface area contributed by atoms with Crippen LogP contribution in [0.3, 0.4) is 0 Å². The van der Waals surface area contributed by atoms with Crippen LogP contribution in [0.1, 0.15) is 23.8 Å². The maximum Gasteiger partial charge on any atom is 0.263 e. The molecule has 1 aromatic heterocycles. The normalized spacial score (nSPS) is 17.7. The molecule has 8 nitrogen and oxygen atoms in total. The van der Waals surface area contributed by atoms with E-state index in [1.807, 2.05) is 0 Å². The fourth-order valence-electron chi connectivity index (χ4n) is 2.97. The molecule has 29 heavy (non-hydrogen) atoms. The van der Waals surface area contributed by atoms with Crippen molar-refractivity contribution in [2.24, 2.45) is 0 Å². The Morgan fingerprint density at radius 2 is 1.90 bits per heavy atom. The first kappa shape index (κ1) is 22.0. The molecule has 1 fully saturated rings. The summed E-state index contributed by atoms with van der Waals surface area (Å²) in [6.45, 7) is 2.69. The molecule has 160 valence electrons. The van der Waals surface area contributed by atoms with Crippen LogP contribution >= 0.6 is 21.9 Å². The van der Waals surface area contributed by atoms with Crippen molar-refractivity contribution in [1.82, 2.24) is 9.88 Å². The van der Waals surface area contributed by atoms with E-state index < -0.39 is 20.6 Å². The van der Waals surface area contributed by atoms with Gasteiger partial charge in [-0.3, -0.25) is 18.6 Å². The van der Waals surface area contributed by atoms with Crippen LogP contribution in [-0.4, -0.2) is 57.9 Å². The Hall–Kier alpha value is -1.66. The molecule has 0 radical (unpaired) electrons. The zero-order chi connectivity index (χ0) is 21.1. The molecule has 1 amide bonds. The lowest BCUT2D eigenvalue weighted by Gasteiger charge is -2.40. The van der Waals surface area contributed by atoms with Gasteiger partial charge in [0.2, 0.25) is 5.91 Å². The molecule has 2 heterocycles. The number of rotatable bonds is 7. The first-order chi connectivity index (χ1) is 13.7. The van der Waals surface area contributed by atoms with Crippen molar-refractivity contribution < 1.29 is 22.3 Å². The van der Waals surface area contributed by atoms with E-state index in [0.717, 1.165) is 29.7 Å². The number of benzene rings is 1. The first-order valence-electron chi connectivity index (χ1n) is 9.26. The summed E-state index contributed by atoms with van der Waals surface area (Å²) < 4.78 is 46.8. The Labute approximate surface area is 176 Å². The second-order valence-electron chi connectivity index (χ2n) is 6.90. The Morgan fingerprint density at radius 1 is 1.24 bits per heavy atom. The van der Waals surface area contributed by atoms with Gasteiger partial charge in [-0.2, -0.15) is 10.6 Å². The van der Waals surface area contributed by atoms with Gasteiger partial charge in [0.15, 0.2) is 5.13 Å². The highest BCUT2D eigenvalue weighted by Crippen LogP contribution is 2.40. The monoisotopic (exact) mass is 459 g/mol. The van der Waals surface area contributed by atoms with Crippen LogP contribution in [0.5, 0.6) is 0 Å². The summed E-state index contributed by atoms with van der Waals surface area (Å²) in [5.74, 6) is 0.261. The Kier molecular flexibility index (Phi) is 6.84. The summed E-state index contributed by atoms with van der Waals surface area (Å²) in [4.78, 5) is 18.9. The number of thiazole rings is 1. The molecule has 0 bridgehead atoms. The SMILES string of the molecule is CCCc1ccc(S(=O)(=O)Nc2ncc(CC(=O)N3CCS(O)(O)CC3)s2)cc1. The van der Waals surface area contributed by atoms with Crippen molar-refractivity contribution in [2.45, 2.75) is 31.1 Å². The molecule has 0 aliphatic carbocycles. The third kappa shape index (κ3) is 5.92. The van der Waals surface area contributed by atoms with E-state index in [1.54, 1.807) is 29.2 Å². The van der Waals surface area contributed by atoms with Crippen LogP contribution in [0, 0.1) is 0 Å². The van der Waals surface area contributed by atoms with Gasteiger partial charge < -0.3 is 4.90 Å². The number of aromatic nitrogens is 1. The summed E-state index contributed by atoms with van der Waals surface area (Å²) in [5.41, 5.74) is 1.08. The summed E-state index contributed by atoms with van der Waals surface area (Å²) >= 11 is 1.12. The predicted octanol–water partition coefficient (Wildman–Crippen LogP) is 3.03. The van der Waals surface area contributed by atoms with Gasteiger partial charge in [-0.05, 0) is 24.1 Å². The number of nitrogens with one attached hydrogen (secondary N) is 1. The third-order valence-corrected chi connectivity index (χ3v) is 8.67. The molecule has 11 heteroatoms. The van der Waals surface area contributed by atoms with Gasteiger partial charge in [0.25, 0.3) is 10.0 Å². The largest absolute Gasteiger partial charge is 0.339 e. The minimum Gasteiger partial charge on any atom is -0.339 e. The van der Waals surface area contributed by atoms with Gasteiger partial charge in [-0.25, -0.2) is 13.4 Å². The lowest BCUT2D eigenvalue weighted by molar-refractivity contribution is -0.130. The average molecular weight is 460 g/mol. The molecule has 1 saturated heterocycles. The molecule has 0 atom stereocenters. The Morgan fingerprint density at radius 3 is 2.52 bits per heavy atom. The number of aryl methyl sites for hydroxylation is 1. The standard InChI is InChI=1S/C18H25N3O5S3/c1-2-3-14-4-6-16(7-5-14)29(25,26)20-18-19-13-15(27-18)12-17(22)21-8-10-28(23,24)11-9-21/h4-7,13,23-24H,2-3,8-12H2,1H3,(H,19,20). The van der Waals surface area contributed by atoms with Crippen molar-refractivity contribution in [3.8, 4) is 0 Å². The zero-order valence-corrected chi connectivity index (χ0v) is 18.5. The molecule has 3 rings (SSSR count). The zero-order valence-electron chi connectivity index (χ0n) is 16.1. The van der Waals surface area contributed by atoms with E-state index in [0.29, 0.717) is 18.0 Å². The number of nitrogens with zero attached hydrogens (tertiary/aromatic N) is 2. The van der Waals surface area contributed by atoms with E-state index in [2.05, 4.69) is 16.6 Å². The molecule has 1 aromatic carbocycles. The van der Waals surface area contributed by atoms with Crippen LogP contribution in [0.15, 0.2) is 35.4 Å². The highest BCUT2D eigenvalue weighted by molar-refractivity contribution is 8.24. The van der Waals surface area contributed by atoms with Crippen molar-refractivity contribution in [3.63, 3.8) is 0 Å². The van der Waals surface area contributed by atoms with E-state index in [-0.39, 0.29) is 33.9 Å². The fourth-order valence-corrected chi connectivity index (χ4v) is 6.25. The van der Waals surface area contributed by atoms with Crippen LogP contribution in [0.2, 0.25) is 0 Å². The number of sulfonamides is 1. The van der Waals surface area contributed by atoms with Gasteiger partial charge in [0.1, 0.15) is 0 Å². The quantitative estimate of drug-likeness (QED) is 0.585. The van der Waals surface area contributed by atoms with Gasteiger partial charge in [-0.15, -0.1) is 11.3 Å². The molecule has 1 aliphatic rings. The molecular formula is C18H25N3O5S3. The maximum absolute atomic E-state index is 12.5. The molecular weight excluding hydrogens is 434 g/mol. The topological polar surface area (TPSA) is 120 Å². The van der Waals surface area contributed by atoms with Crippen molar-refractivity contribution in [2.75, 3.05) is 29.3 Å². The second kappa shape index (κ2) is 9.00. The molecule has 3 N–H and O–H groups in total. The van der Waals surface area contributed by atoms with Crippen LogP contribution in [-0.2, 0) is 27.7 Å². The molecule has 2 aromatic rings. The highest BCUT2D eigenvalue weighted by Gasteiger charge is 2.26. The minimum absolute atomic E-state index is 0.101. The molecule has 0 saturated carbocycles. The number of hydrogen-bond acceptors (Lipinski definition) is 7. The van der Waals surface area contributed by atoms with Crippen molar-refractivity contribution in [1.29, 1.82) is 0 Å². The highest BCUT2D eigenvalue weighted by atomic mass is 32.3. The van der Waals surface area contributed by atoms with E-state index in [9.17, 15) is 22.3 Å². The van der Waals surface area contributed by atoms with Crippen LogP contribution in [0.25, 0.3) is 0 Å².